The Morgan fingerprint density at radius 2 is 1.88 bits per heavy atom. The molecule has 0 heterocycles. The molecule has 1 fully saturated rings. The van der Waals surface area contributed by atoms with Crippen molar-refractivity contribution in [1.82, 2.24) is 5.32 Å². The van der Waals surface area contributed by atoms with E-state index in [-0.39, 0.29) is 6.10 Å². The molecule has 1 aromatic carbocycles. The molecule has 2 N–H and O–H groups in total. The maximum atomic E-state index is 9.46. The smallest absolute Gasteiger partial charge is 0.0541 e. The summed E-state index contributed by atoms with van der Waals surface area (Å²) in [6.45, 7) is 5.26. The SMILES string of the molecule is Cc1ccc(CNC2CCC(O)CC2)c(C)c1. The van der Waals surface area contributed by atoms with Crippen molar-refractivity contribution in [3.8, 4) is 0 Å². The van der Waals surface area contributed by atoms with Crippen LogP contribution in [0.25, 0.3) is 0 Å². The van der Waals surface area contributed by atoms with Crippen LogP contribution in [-0.4, -0.2) is 17.3 Å². The van der Waals surface area contributed by atoms with E-state index in [1.54, 1.807) is 0 Å². The zero-order valence-corrected chi connectivity index (χ0v) is 10.9. The number of nitrogens with one attached hydrogen (secondary N) is 1. The Bertz CT molecular complexity index is 367. The second kappa shape index (κ2) is 5.65. The fraction of sp³-hybridized carbons (Fsp3) is 0.600. The molecule has 0 bridgehead atoms. The number of hydrogen-bond donors (Lipinski definition) is 2. The Morgan fingerprint density at radius 1 is 1.18 bits per heavy atom. The summed E-state index contributed by atoms with van der Waals surface area (Å²) >= 11 is 0. The molecule has 2 heteroatoms. The van der Waals surface area contributed by atoms with Gasteiger partial charge in [-0.05, 0) is 50.7 Å². The molecular formula is C15H23NO. The van der Waals surface area contributed by atoms with E-state index in [9.17, 15) is 5.11 Å². The highest BCUT2D eigenvalue weighted by atomic mass is 16.3. The summed E-state index contributed by atoms with van der Waals surface area (Å²) in [7, 11) is 0. The van der Waals surface area contributed by atoms with Gasteiger partial charge in [0.05, 0.1) is 6.10 Å². The van der Waals surface area contributed by atoms with Gasteiger partial charge in [0.25, 0.3) is 0 Å². The van der Waals surface area contributed by atoms with Crippen molar-refractivity contribution in [3.05, 3.63) is 34.9 Å². The van der Waals surface area contributed by atoms with Crippen molar-refractivity contribution in [2.75, 3.05) is 0 Å². The minimum Gasteiger partial charge on any atom is -0.393 e. The van der Waals surface area contributed by atoms with Gasteiger partial charge in [-0.3, -0.25) is 0 Å². The van der Waals surface area contributed by atoms with Crippen LogP contribution in [0.4, 0.5) is 0 Å². The maximum Gasteiger partial charge on any atom is 0.0541 e. The molecular weight excluding hydrogens is 210 g/mol. The van der Waals surface area contributed by atoms with Crippen LogP contribution in [0.2, 0.25) is 0 Å². The largest absolute Gasteiger partial charge is 0.393 e. The van der Waals surface area contributed by atoms with E-state index < -0.39 is 0 Å². The monoisotopic (exact) mass is 233 g/mol. The third-order valence-electron chi connectivity index (χ3n) is 3.78. The summed E-state index contributed by atoms with van der Waals surface area (Å²) in [4.78, 5) is 0. The van der Waals surface area contributed by atoms with Crippen molar-refractivity contribution < 1.29 is 5.11 Å². The Hall–Kier alpha value is -0.860. The van der Waals surface area contributed by atoms with E-state index in [4.69, 9.17) is 0 Å². The molecule has 0 atom stereocenters. The van der Waals surface area contributed by atoms with E-state index >= 15 is 0 Å². The van der Waals surface area contributed by atoms with Gasteiger partial charge in [0.15, 0.2) is 0 Å². The number of aliphatic hydroxyl groups excluding tert-OH is 1. The van der Waals surface area contributed by atoms with Crippen LogP contribution in [-0.2, 0) is 6.54 Å². The normalized spacial score (nSPS) is 24.9. The van der Waals surface area contributed by atoms with Crippen LogP contribution in [0, 0.1) is 13.8 Å². The highest BCUT2D eigenvalue weighted by molar-refractivity contribution is 5.30. The molecule has 0 aliphatic heterocycles. The Kier molecular flexibility index (Phi) is 4.19. The zero-order chi connectivity index (χ0) is 12.3. The summed E-state index contributed by atoms with van der Waals surface area (Å²) in [5.41, 5.74) is 4.09. The van der Waals surface area contributed by atoms with Gasteiger partial charge < -0.3 is 10.4 Å². The standard InChI is InChI=1S/C15H23NO/c1-11-3-4-13(12(2)9-11)10-16-14-5-7-15(17)8-6-14/h3-4,9,14-17H,5-8,10H2,1-2H3. The second-order valence-corrected chi connectivity index (χ2v) is 5.32. The predicted molar refractivity (Wildman–Crippen MR) is 71.0 cm³/mol. The van der Waals surface area contributed by atoms with Crippen molar-refractivity contribution in [3.63, 3.8) is 0 Å². The van der Waals surface area contributed by atoms with E-state index in [0.29, 0.717) is 6.04 Å². The Labute approximate surface area is 104 Å². The van der Waals surface area contributed by atoms with Crippen LogP contribution >= 0.6 is 0 Å². The van der Waals surface area contributed by atoms with Crippen LogP contribution in [0.15, 0.2) is 18.2 Å². The fourth-order valence-corrected chi connectivity index (χ4v) is 2.58. The number of aliphatic hydroxyl groups is 1. The first-order valence-corrected chi connectivity index (χ1v) is 6.63. The molecule has 0 amide bonds. The highest BCUT2D eigenvalue weighted by Crippen LogP contribution is 2.19. The molecule has 1 aliphatic carbocycles. The first kappa shape index (κ1) is 12.6. The molecule has 2 nitrogen and oxygen atoms in total. The van der Waals surface area contributed by atoms with Gasteiger partial charge in [0, 0.05) is 12.6 Å². The fourth-order valence-electron chi connectivity index (χ4n) is 2.58. The molecule has 1 aromatic rings. The minimum absolute atomic E-state index is 0.0610. The predicted octanol–water partition coefficient (Wildman–Crippen LogP) is 2.70. The summed E-state index contributed by atoms with van der Waals surface area (Å²) in [6, 6.07) is 7.21. The van der Waals surface area contributed by atoms with E-state index in [1.807, 2.05) is 0 Å². The minimum atomic E-state index is -0.0610. The molecule has 0 aromatic heterocycles. The second-order valence-electron chi connectivity index (χ2n) is 5.32. The first-order chi connectivity index (χ1) is 8.15. The quantitative estimate of drug-likeness (QED) is 0.841. The molecule has 17 heavy (non-hydrogen) atoms. The van der Waals surface area contributed by atoms with Gasteiger partial charge in [0.1, 0.15) is 0 Å². The van der Waals surface area contributed by atoms with Crippen molar-refractivity contribution in [1.29, 1.82) is 0 Å². The van der Waals surface area contributed by atoms with Crippen molar-refractivity contribution in [2.45, 2.75) is 58.2 Å². The van der Waals surface area contributed by atoms with Gasteiger partial charge >= 0.3 is 0 Å². The summed E-state index contributed by atoms with van der Waals surface area (Å²) < 4.78 is 0. The number of aryl methyl sites for hydroxylation is 2. The van der Waals surface area contributed by atoms with E-state index in [2.05, 4.69) is 37.4 Å². The molecule has 94 valence electrons. The average molecular weight is 233 g/mol. The summed E-state index contributed by atoms with van der Waals surface area (Å²) in [5.74, 6) is 0. The van der Waals surface area contributed by atoms with Crippen LogP contribution in [0.3, 0.4) is 0 Å². The average Bonchev–Trinajstić information content (AvgIpc) is 2.30. The van der Waals surface area contributed by atoms with Crippen LogP contribution in [0.5, 0.6) is 0 Å². The first-order valence-electron chi connectivity index (χ1n) is 6.63. The van der Waals surface area contributed by atoms with Crippen LogP contribution in [0.1, 0.15) is 42.4 Å². The van der Waals surface area contributed by atoms with Crippen molar-refractivity contribution >= 4 is 0 Å². The topological polar surface area (TPSA) is 32.3 Å². The van der Waals surface area contributed by atoms with Gasteiger partial charge in [-0.15, -0.1) is 0 Å². The van der Waals surface area contributed by atoms with Crippen molar-refractivity contribution in [2.24, 2.45) is 0 Å². The van der Waals surface area contributed by atoms with Gasteiger partial charge in [0.2, 0.25) is 0 Å². The van der Waals surface area contributed by atoms with Gasteiger partial charge in [-0.25, -0.2) is 0 Å². The molecule has 1 saturated carbocycles. The highest BCUT2D eigenvalue weighted by Gasteiger charge is 2.18. The lowest BCUT2D eigenvalue weighted by atomic mass is 9.93. The molecule has 0 radical (unpaired) electrons. The van der Waals surface area contributed by atoms with E-state index in [1.165, 1.54) is 16.7 Å². The number of rotatable bonds is 3. The zero-order valence-electron chi connectivity index (χ0n) is 10.9. The number of hydrogen-bond acceptors (Lipinski definition) is 2. The molecule has 0 saturated heterocycles. The Morgan fingerprint density at radius 3 is 2.53 bits per heavy atom. The van der Waals surface area contributed by atoms with Gasteiger partial charge in [-0.1, -0.05) is 23.8 Å². The molecule has 0 unspecified atom stereocenters. The van der Waals surface area contributed by atoms with Gasteiger partial charge in [-0.2, -0.15) is 0 Å². The van der Waals surface area contributed by atoms with Crippen LogP contribution < -0.4 is 5.32 Å². The molecule has 0 spiro atoms. The molecule has 2 rings (SSSR count). The lowest BCUT2D eigenvalue weighted by Crippen LogP contribution is -2.34. The number of benzene rings is 1. The molecule has 1 aliphatic rings. The Balaban J connectivity index is 1.85. The third-order valence-corrected chi connectivity index (χ3v) is 3.78. The lowest BCUT2D eigenvalue weighted by molar-refractivity contribution is 0.116. The third kappa shape index (κ3) is 3.55. The maximum absolute atomic E-state index is 9.46. The summed E-state index contributed by atoms with van der Waals surface area (Å²) in [5, 5.41) is 13.1. The van der Waals surface area contributed by atoms with E-state index in [0.717, 1.165) is 32.2 Å². The lowest BCUT2D eigenvalue weighted by Gasteiger charge is -2.26. The summed E-state index contributed by atoms with van der Waals surface area (Å²) in [6.07, 6.45) is 4.04.